The molecule has 6 nitrogen and oxygen atoms in total. The molecular formula is C13H13ClN2O4S. The third-order valence-electron chi connectivity index (χ3n) is 3.17. The molecule has 0 aliphatic carbocycles. The van der Waals surface area contributed by atoms with E-state index in [0.29, 0.717) is 21.7 Å². The highest BCUT2D eigenvalue weighted by atomic mass is 35.5. The number of rotatable bonds is 2. The summed E-state index contributed by atoms with van der Waals surface area (Å²) in [7, 11) is -3.59. The van der Waals surface area contributed by atoms with Crippen molar-refractivity contribution < 1.29 is 17.8 Å². The van der Waals surface area contributed by atoms with E-state index in [0.717, 1.165) is 0 Å². The van der Waals surface area contributed by atoms with Crippen LogP contribution in [-0.4, -0.2) is 24.2 Å². The first-order chi connectivity index (χ1) is 9.77. The molecule has 0 spiro atoms. The number of sulfone groups is 1. The van der Waals surface area contributed by atoms with Gasteiger partial charge in [0.05, 0.1) is 0 Å². The van der Waals surface area contributed by atoms with Crippen molar-refractivity contribution in [2.24, 2.45) is 5.16 Å². The Kier molecular flexibility index (Phi) is 3.22. The van der Waals surface area contributed by atoms with Gasteiger partial charge in [-0.3, -0.25) is 0 Å². The van der Waals surface area contributed by atoms with Crippen molar-refractivity contribution in [3.8, 4) is 0 Å². The number of hydrogen-bond acceptors (Lipinski definition) is 6. The molecule has 0 amide bonds. The number of nitrogens with zero attached hydrogens (tertiary/aromatic N) is 2. The highest BCUT2D eigenvalue weighted by Gasteiger charge is 2.36. The molecule has 3 rings (SSSR count). The highest BCUT2D eigenvalue weighted by molar-refractivity contribution is 8.05. The molecule has 0 N–H and O–H groups in total. The molecule has 0 saturated carbocycles. The van der Waals surface area contributed by atoms with Crippen LogP contribution in [0.5, 0.6) is 0 Å². The highest BCUT2D eigenvalue weighted by Crippen LogP contribution is 2.28. The van der Waals surface area contributed by atoms with Gasteiger partial charge in [-0.1, -0.05) is 21.9 Å². The van der Waals surface area contributed by atoms with Gasteiger partial charge in [0.15, 0.2) is 10.6 Å². The summed E-state index contributed by atoms with van der Waals surface area (Å²) in [5, 5.41) is 8.67. The van der Waals surface area contributed by atoms with Crippen LogP contribution in [0.3, 0.4) is 0 Å². The second-order valence-corrected chi connectivity index (χ2v) is 7.97. The second kappa shape index (κ2) is 4.71. The van der Waals surface area contributed by atoms with Gasteiger partial charge in [-0.2, -0.15) is 0 Å². The second-order valence-electron chi connectivity index (χ2n) is 5.54. The molecule has 1 aromatic heterocycles. The average Bonchev–Trinajstić information content (AvgIpc) is 2.93. The number of hydrogen-bond donors (Lipinski definition) is 0. The van der Waals surface area contributed by atoms with Gasteiger partial charge >= 0.3 is 0 Å². The first-order valence-electron chi connectivity index (χ1n) is 6.28. The first-order valence-corrected chi connectivity index (χ1v) is 8.31. The van der Waals surface area contributed by atoms with Crippen LogP contribution in [0.2, 0.25) is 5.02 Å². The van der Waals surface area contributed by atoms with Crippen molar-refractivity contribution in [1.29, 1.82) is 0 Å². The van der Waals surface area contributed by atoms with Crippen molar-refractivity contribution in [1.82, 2.24) is 5.16 Å². The average molecular weight is 329 g/mol. The molecule has 112 valence electrons. The van der Waals surface area contributed by atoms with Crippen LogP contribution in [0.15, 0.2) is 27.9 Å². The third kappa shape index (κ3) is 2.75. The predicted molar refractivity (Wildman–Crippen MR) is 78.9 cm³/mol. The van der Waals surface area contributed by atoms with Gasteiger partial charge in [-0.05, 0) is 26.0 Å². The van der Waals surface area contributed by atoms with E-state index in [2.05, 4.69) is 10.3 Å². The zero-order chi connectivity index (χ0) is 15.3. The quantitative estimate of drug-likeness (QED) is 0.846. The Hall–Kier alpha value is -1.60. The van der Waals surface area contributed by atoms with Gasteiger partial charge in [-0.15, -0.1) is 0 Å². The van der Waals surface area contributed by atoms with Crippen LogP contribution in [0.25, 0.3) is 11.0 Å². The largest absolute Gasteiger partial charge is 0.389 e. The minimum Gasteiger partial charge on any atom is -0.389 e. The van der Waals surface area contributed by atoms with Crippen LogP contribution >= 0.6 is 11.6 Å². The minimum atomic E-state index is -3.59. The maximum Gasteiger partial charge on any atom is 0.200 e. The summed E-state index contributed by atoms with van der Waals surface area (Å²) < 4.78 is 29.9. The molecule has 1 aliphatic rings. The summed E-state index contributed by atoms with van der Waals surface area (Å²) in [5.74, 6) is -0.278. The zero-order valence-electron chi connectivity index (χ0n) is 11.5. The molecule has 2 aromatic rings. The summed E-state index contributed by atoms with van der Waals surface area (Å²) in [6.07, 6.45) is 0.247. The molecule has 0 fully saturated rings. The standard InChI is InChI=1S/C13H13ClN2O4S/c1-13(2)6-12(16-20-13)21(17,18)7-10-9-4-3-8(14)5-11(9)19-15-10/h3-5H,6-7H2,1-2H3. The Morgan fingerprint density at radius 3 is 2.81 bits per heavy atom. The maximum absolute atomic E-state index is 12.4. The van der Waals surface area contributed by atoms with Gasteiger partial charge in [-0.25, -0.2) is 8.42 Å². The lowest BCUT2D eigenvalue weighted by Gasteiger charge is -2.13. The fraction of sp³-hybridized carbons (Fsp3) is 0.385. The predicted octanol–water partition coefficient (Wildman–Crippen LogP) is 2.91. The fourth-order valence-corrected chi connectivity index (χ4v) is 3.72. The lowest BCUT2D eigenvalue weighted by molar-refractivity contribution is 0.0123. The van der Waals surface area contributed by atoms with Crippen LogP contribution in [-0.2, 0) is 20.4 Å². The summed E-state index contributed by atoms with van der Waals surface area (Å²) in [6, 6.07) is 4.95. The van der Waals surface area contributed by atoms with Crippen molar-refractivity contribution >= 4 is 37.5 Å². The van der Waals surface area contributed by atoms with Gasteiger partial charge in [0.2, 0.25) is 9.84 Å². The van der Waals surface area contributed by atoms with Crippen molar-refractivity contribution in [2.75, 3.05) is 0 Å². The van der Waals surface area contributed by atoms with Gasteiger partial charge < -0.3 is 9.36 Å². The molecular weight excluding hydrogens is 316 g/mol. The monoisotopic (exact) mass is 328 g/mol. The van der Waals surface area contributed by atoms with Crippen LogP contribution in [0.4, 0.5) is 0 Å². The van der Waals surface area contributed by atoms with Gasteiger partial charge in [0, 0.05) is 22.9 Å². The number of oxime groups is 1. The Morgan fingerprint density at radius 2 is 2.14 bits per heavy atom. The molecule has 0 saturated heterocycles. The Morgan fingerprint density at radius 1 is 1.38 bits per heavy atom. The van der Waals surface area contributed by atoms with E-state index in [1.807, 2.05) is 0 Å². The summed E-state index contributed by atoms with van der Waals surface area (Å²) in [5.41, 5.74) is 0.202. The van der Waals surface area contributed by atoms with Crippen molar-refractivity contribution in [3.05, 3.63) is 28.9 Å². The smallest absolute Gasteiger partial charge is 0.200 e. The molecule has 0 radical (unpaired) electrons. The van der Waals surface area contributed by atoms with E-state index >= 15 is 0 Å². The van der Waals surface area contributed by atoms with Crippen molar-refractivity contribution in [3.63, 3.8) is 0 Å². The first kappa shape index (κ1) is 14.3. The summed E-state index contributed by atoms with van der Waals surface area (Å²) in [6.45, 7) is 3.57. The van der Waals surface area contributed by atoms with Crippen LogP contribution in [0, 0.1) is 0 Å². The van der Waals surface area contributed by atoms with Crippen LogP contribution in [0.1, 0.15) is 26.0 Å². The SMILES string of the molecule is CC1(C)CC(S(=O)(=O)Cc2noc3cc(Cl)ccc23)=NO1. The zero-order valence-corrected chi connectivity index (χ0v) is 13.0. The number of aromatic nitrogens is 1. The van der Waals surface area contributed by atoms with Crippen LogP contribution < -0.4 is 0 Å². The molecule has 21 heavy (non-hydrogen) atoms. The number of benzene rings is 1. The molecule has 8 heteroatoms. The van der Waals surface area contributed by atoms with E-state index < -0.39 is 15.4 Å². The van der Waals surface area contributed by atoms with Gasteiger partial charge in [0.1, 0.15) is 17.0 Å². The van der Waals surface area contributed by atoms with E-state index in [1.165, 1.54) is 0 Å². The molecule has 1 aliphatic heterocycles. The molecule has 1 aromatic carbocycles. The van der Waals surface area contributed by atoms with Gasteiger partial charge in [0.25, 0.3) is 0 Å². The Balaban J connectivity index is 1.92. The molecule has 2 heterocycles. The topological polar surface area (TPSA) is 81.8 Å². The maximum atomic E-state index is 12.4. The number of fused-ring (bicyclic) bond motifs is 1. The fourth-order valence-electron chi connectivity index (χ4n) is 2.10. The molecule has 0 unspecified atom stereocenters. The summed E-state index contributed by atoms with van der Waals surface area (Å²) in [4.78, 5) is 5.11. The lowest BCUT2D eigenvalue weighted by Crippen LogP contribution is -2.23. The third-order valence-corrected chi connectivity index (χ3v) is 4.99. The Bertz CT molecular complexity index is 839. The van der Waals surface area contributed by atoms with E-state index in [4.69, 9.17) is 21.0 Å². The molecule has 0 atom stereocenters. The normalized spacial score (nSPS) is 17.8. The minimum absolute atomic E-state index is 0.0395. The lowest BCUT2D eigenvalue weighted by atomic mass is 10.1. The Labute approximate surface area is 126 Å². The summed E-state index contributed by atoms with van der Waals surface area (Å²) >= 11 is 5.85. The molecule has 0 bridgehead atoms. The van der Waals surface area contributed by atoms with E-state index in [-0.39, 0.29) is 17.2 Å². The van der Waals surface area contributed by atoms with Crippen molar-refractivity contribution in [2.45, 2.75) is 31.6 Å². The number of halogens is 1. The van der Waals surface area contributed by atoms with E-state index in [9.17, 15) is 8.42 Å². The van der Waals surface area contributed by atoms with E-state index in [1.54, 1.807) is 32.0 Å².